The third kappa shape index (κ3) is 3.24. The number of hydrogen-bond acceptors (Lipinski definition) is 4. The predicted octanol–water partition coefficient (Wildman–Crippen LogP) is 3.12. The lowest BCUT2D eigenvalue weighted by Gasteiger charge is -2.08. The number of halogens is 2. The van der Waals surface area contributed by atoms with Crippen LogP contribution >= 0.6 is 11.6 Å². The fourth-order valence-electron chi connectivity index (χ4n) is 1.62. The molecule has 0 bridgehead atoms. The van der Waals surface area contributed by atoms with Crippen LogP contribution in [0.15, 0.2) is 30.5 Å². The first-order valence-corrected chi connectivity index (χ1v) is 6.18. The van der Waals surface area contributed by atoms with Crippen molar-refractivity contribution < 1.29 is 13.9 Å². The summed E-state index contributed by atoms with van der Waals surface area (Å²) in [7, 11) is 0. The summed E-state index contributed by atoms with van der Waals surface area (Å²) in [5.74, 6) is -0.997. The summed E-state index contributed by atoms with van der Waals surface area (Å²) in [4.78, 5) is 15.9. The maximum Gasteiger partial charge on any atom is 0.340 e. The molecule has 0 unspecified atom stereocenters. The molecule has 0 spiro atoms. The summed E-state index contributed by atoms with van der Waals surface area (Å²) in [5.41, 5.74) is 7.30. The fourth-order valence-corrected chi connectivity index (χ4v) is 1.84. The SMILES string of the molecule is Cc1ncc(N)cc1C(=O)OCc1ccc(F)cc1Cl. The number of nitrogen functional groups attached to an aromatic ring is 1. The first-order chi connectivity index (χ1) is 9.47. The second-order valence-electron chi connectivity index (χ2n) is 4.21. The van der Waals surface area contributed by atoms with Gasteiger partial charge in [-0.3, -0.25) is 4.98 Å². The summed E-state index contributed by atoms with van der Waals surface area (Å²) < 4.78 is 18.0. The Bertz CT molecular complexity index is 662. The average molecular weight is 295 g/mol. The molecule has 0 aliphatic rings. The van der Waals surface area contributed by atoms with Gasteiger partial charge in [-0.25, -0.2) is 9.18 Å². The van der Waals surface area contributed by atoms with Crippen molar-refractivity contribution >= 4 is 23.3 Å². The molecule has 0 aliphatic heterocycles. The van der Waals surface area contributed by atoms with Crippen molar-refractivity contribution in [3.63, 3.8) is 0 Å². The normalized spacial score (nSPS) is 10.3. The zero-order chi connectivity index (χ0) is 14.7. The smallest absolute Gasteiger partial charge is 0.340 e. The molecule has 4 nitrogen and oxygen atoms in total. The third-order valence-corrected chi connectivity index (χ3v) is 3.05. The van der Waals surface area contributed by atoms with Crippen LogP contribution in [0.2, 0.25) is 5.02 Å². The van der Waals surface area contributed by atoms with Gasteiger partial charge in [0.2, 0.25) is 0 Å². The Hall–Kier alpha value is -2.14. The Kier molecular flexibility index (Phi) is 4.20. The zero-order valence-electron chi connectivity index (χ0n) is 10.7. The summed E-state index contributed by atoms with van der Waals surface area (Å²) in [5, 5.41) is 0.209. The van der Waals surface area contributed by atoms with Crippen molar-refractivity contribution in [3.05, 3.63) is 58.1 Å². The number of ether oxygens (including phenoxy) is 1. The number of aromatic nitrogens is 1. The number of carbonyl (C=O) groups is 1. The molecule has 2 rings (SSSR count). The number of hydrogen-bond donors (Lipinski definition) is 1. The molecule has 104 valence electrons. The van der Waals surface area contributed by atoms with Crippen molar-refractivity contribution in [2.75, 3.05) is 5.73 Å². The Morgan fingerprint density at radius 1 is 1.45 bits per heavy atom. The number of benzene rings is 1. The highest BCUT2D eigenvalue weighted by Crippen LogP contribution is 2.19. The number of pyridine rings is 1. The minimum absolute atomic E-state index is 0.0494. The van der Waals surface area contributed by atoms with E-state index in [0.717, 1.165) is 6.07 Å². The minimum Gasteiger partial charge on any atom is -0.457 e. The number of rotatable bonds is 3. The molecule has 2 N–H and O–H groups in total. The second-order valence-corrected chi connectivity index (χ2v) is 4.62. The number of anilines is 1. The van der Waals surface area contributed by atoms with Gasteiger partial charge in [0.05, 0.1) is 28.2 Å². The maximum absolute atomic E-state index is 12.9. The Morgan fingerprint density at radius 3 is 2.90 bits per heavy atom. The molecule has 0 radical (unpaired) electrons. The van der Waals surface area contributed by atoms with Gasteiger partial charge < -0.3 is 10.5 Å². The van der Waals surface area contributed by atoms with Crippen molar-refractivity contribution in [1.82, 2.24) is 4.98 Å². The topological polar surface area (TPSA) is 65.2 Å². The van der Waals surface area contributed by atoms with Crippen LogP contribution in [0, 0.1) is 12.7 Å². The predicted molar refractivity (Wildman–Crippen MR) is 73.9 cm³/mol. The van der Waals surface area contributed by atoms with Crippen molar-refractivity contribution in [3.8, 4) is 0 Å². The first-order valence-electron chi connectivity index (χ1n) is 5.80. The standard InChI is InChI=1S/C14H12ClFN2O2/c1-8-12(5-11(17)6-18-8)14(19)20-7-9-2-3-10(16)4-13(9)15/h2-6H,7,17H2,1H3. The van der Waals surface area contributed by atoms with E-state index in [2.05, 4.69) is 4.98 Å². The van der Waals surface area contributed by atoms with Gasteiger partial charge in [-0.05, 0) is 25.1 Å². The molecular weight excluding hydrogens is 283 g/mol. The molecule has 20 heavy (non-hydrogen) atoms. The van der Waals surface area contributed by atoms with Crippen LogP contribution in [0.5, 0.6) is 0 Å². The van der Waals surface area contributed by atoms with Crippen LogP contribution in [0.1, 0.15) is 21.6 Å². The summed E-state index contributed by atoms with van der Waals surface area (Å²) in [6, 6.07) is 5.38. The molecule has 0 saturated heterocycles. The van der Waals surface area contributed by atoms with E-state index in [0.29, 0.717) is 22.5 Å². The Labute approximate surface area is 120 Å². The van der Waals surface area contributed by atoms with Crippen LogP contribution in [0.25, 0.3) is 0 Å². The highest BCUT2D eigenvalue weighted by Gasteiger charge is 2.13. The quantitative estimate of drug-likeness (QED) is 0.883. The molecule has 0 fully saturated rings. The van der Waals surface area contributed by atoms with Crippen molar-refractivity contribution in [2.45, 2.75) is 13.5 Å². The van der Waals surface area contributed by atoms with Gasteiger partial charge in [0.1, 0.15) is 12.4 Å². The monoisotopic (exact) mass is 294 g/mol. The average Bonchev–Trinajstić information content (AvgIpc) is 2.40. The van der Waals surface area contributed by atoms with Crippen LogP contribution in [-0.4, -0.2) is 11.0 Å². The molecule has 0 atom stereocenters. The zero-order valence-corrected chi connectivity index (χ0v) is 11.4. The number of aryl methyl sites for hydroxylation is 1. The van der Waals surface area contributed by atoms with E-state index >= 15 is 0 Å². The number of nitrogens with zero attached hydrogens (tertiary/aromatic N) is 1. The van der Waals surface area contributed by atoms with E-state index < -0.39 is 11.8 Å². The minimum atomic E-state index is -0.553. The molecule has 1 heterocycles. The van der Waals surface area contributed by atoms with Gasteiger partial charge in [0, 0.05) is 5.56 Å². The lowest BCUT2D eigenvalue weighted by atomic mass is 10.2. The van der Waals surface area contributed by atoms with Gasteiger partial charge in [0.15, 0.2) is 0 Å². The third-order valence-electron chi connectivity index (χ3n) is 2.70. The molecular formula is C14H12ClFN2O2. The summed E-state index contributed by atoms with van der Waals surface area (Å²) in [6.07, 6.45) is 1.46. The van der Waals surface area contributed by atoms with E-state index in [4.69, 9.17) is 22.1 Å². The summed E-state index contributed by atoms with van der Waals surface area (Å²) in [6.45, 7) is 1.63. The van der Waals surface area contributed by atoms with Crippen LogP contribution < -0.4 is 5.73 Å². The number of nitrogens with two attached hydrogens (primary N) is 1. The van der Waals surface area contributed by atoms with Crippen molar-refractivity contribution in [1.29, 1.82) is 0 Å². The lowest BCUT2D eigenvalue weighted by molar-refractivity contribution is 0.0471. The first kappa shape index (κ1) is 14.3. The van der Waals surface area contributed by atoms with Crippen LogP contribution in [0.3, 0.4) is 0 Å². The Balaban J connectivity index is 2.10. The second kappa shape index (κ2) is 5.88. The molecule has 0 aliphatic carbocycles. The lowest BCUT2D eigenvalue weighted by Crippen LogP contribution is -2.09. The number of carbonyl (C=O) groups excluding carboxylic acids is 1. The van der Waals surface area contributed by atoms with Crippen LogP contribution in [0.4, 0.5) is 10.1 Å². The molecule has 2 aromatic rings. The Morgan fingerprint density at radius 2 is 2.20 bits per heavy atom. The van der Waals surface area contributed by atoms with Gasteiger partial charge >= 0.3 is 5.97 Å². The van der Waals surface area contributed by atoms with E-state index in [-0.39, 0.29) is 11.6 Å². The van der Waals surface area contributed by atoms with E-state index in [1.165, 1.54) is 24.4 Å². The van der Waals surface area contributed by atoms with E-state index in [1.807, 2.05) is 0 Å². The van der Waals surface area contributed by atoms with Crippen LogP contribution in [-0.2, 0) is 11.3 Å². The maximum atomic E-state index is 12.9. The molecule has 6 heteroatoms. The molecule has 0 amide bonds. The fraction of sp³-hybridized carbons (Fsp3) is 0.143. The van der Waals surface area contributed by atoms with Crippen molar-refractivity contribution in [2.24, 2.45) is 0 Å². The highest BCUT2D eigenvalue weighted by atomic mass is 35.5. The van der Waals surface area contributed by atoms with E-state index in [1.54, 1.807) is 6.92 Å². The van der Waals surface area contributed by atoms with Gasteiger partial charge in [-0.2, -0.15) is 0 Å². The summed E-state index contributed by atoms with van der Waals surface area (Å²) >= 11 is 5.85. The number of esters is 1. The van der Waals surface area contributed by atoms with E-state index in [9.17, 15) is 9.18 Å². The largest absolute Gasteiger partial charge is 0.457 e. The van der Waals surface area contributed by atoms with Gasteiger partial charge in [-0.15, -0.1) is 0 Å². The highest BCUT2D eigenvalue weighted by molar-refractivity contribution is 6.31. The van der Waals surface area contributed by atoms with Gasteiger partial charge in [-0.1, -0.05) is 17.7 Å². The van der Waals surface area contributed by atoms with Gasteiger partial charge in [0.25, 0.3) is 0 Å². The molecule has 0 saturated carbocycles. The molecule has 1 aromatic carbocycles. The molecule has 1 aromatic heterocycles.